The van der Waals surface area contributed by atoms with E-state index in [-0.39, 0.29) is 18.0 Å². The van der Waals surface area contributed by atoms with Crippen LogP contribution in [0.2, 0.25) is 0 Å². The molecule has 170 valence electrons. The molecule has 32 heavy (non-hydrogen) atoms. The first-order chi connectivity index (χ1) is 15.6. The van der Waals surface area contributed by atoms with E-state index in [4.69, 9.17) is 14.2 Å². The van der Waals surface area contributed by atoms with E-state index in [1.165, 1.54) is 0 Å². The van der Waals surface area contributed by atoms with E-state index in [0.29, 0.717) is 34.7 Å². The second kappa shape index (κ2) is 8.75. The van der Waals surface area contributed by atoms with Crippen molar-refractivity contribution in [1.82, 2.24) is 10.6 Å². The van der Waals surface area contributed by atoms with Crippen LogP contribution < -0.4 is 24.8 Å². The summed E-state index contributed by atoms with van der Waals surface area (Å²) in [5, 5.41) is 7.00. The summed E-state index contributed by atoms with van der Waals surface area (Å²) >= 11 is 0. The number of carbonyl (C=O) groups excluding carboxylic acids is 1. The number of fused-ring (bicyclic) bond motifs is 3. The molecule has 0 aromatic heterocycles. The Labute approximate surface area is 189 Å². The third-order valence-corrected chi connectivity index (χ3v) is 7.05. The van der Waals surface area contributed by atoms with Gasteiger partial charge >= 0.3 is 0 Å². The van der Waals surface area contributed by atoms with Gasteiger partial charge in [0.15, 0.2) is 5.78 Å². The number of rotatable bonds is 7. The zero-order chi connectivity index (χ0) is 22.2. The van der Waals surface area contributed by atoms with Crippen molar-refractivity contribution >= 4 is 5.78 Å². The van der Waals surface area contributed by atoms with Gasteiger partial charge in [0.1, 0.15) is 29.5 Å². The normalized spacial score (nSPS) is 23.5. The van der Waals surface area contributed by atoms with Gasteiger partial charge in [0.25, 0.3) is 0 Å². The number of carbonyl (C=O) groups is 1. The molecule has 6 heteroatoms. The summed E-state index contributed by atoms with van der Waals surface area (Å²) in [6.45, 7) is 6.19. The highest BCUT2D eigenvalue weighted by Crippen LogP contribution is 2.50. The van der Waals surface area contributed by atoms with Crippen molar-refractivity contribution < 1.29 is 19.0 Å². The van der Waals surface area contributed by atoms with Crippen LogP contribution in [-0.2, 0) is 0 Å². The molecule has 4 atom stereocenters. The molecule has 2 fully saturated rings. The van der Waals surface area contributed by atoms with Crippen molar-refractivity contribution in [1.29, 1.82) is 0 Å². The molecule has 2 aromatic carbocycles. The van der Waals surface area contributed by atoms with Crippen LogP contribution >= 0.6 is 0 Å². The SMILES string of the molecule is COc1ccc(OC(C)C2CCCN2)c2c1-c1c(OC(C)C3CCCN3)cccc1C2=O. The van der Waals surface area contributed by atoms with Crippen LogP contribution in [0.4, 0.5) is 0 Å². The van der Waals surface area contributed by atoms with Crippen molar-refractivity contribution in [2.24, 2.45) is 0 Å². The summed E-state index contributed by atoms with van der Waals surface area (Å²) in [5.41, 5.74) is 2.81. The monoisotopic (exact) mass is 436 g/mol. The fraction of sp³-hybridized carbons (Fsp3) is 0.500. The summed E-state index contributed by atoms with van der Waals surface area (Å²) in [7, 11) is 1.64. The highest BCUT2D eigenvalue weighted by atomic mass is 16.5. The molecular formula is C26H32N2O4. The highest BCUT2D eigenvalue weighted by molar-refractivity contribution is 6.25. The number of hydrogen-bond donors (Lipinski definition) is 2. The molecule has 0 spiro atoms. The topological polar surface area (TPSA) is 68.8 Å². The molecule has 5 rings (SSSR count). The molecule has 2 aliphatic heterocycles. The predicted octanol–water partition coefficient (Wildman–Crippen LogP) is 3.95. The van der Waals surface area contributed by atoms with E-state index in [9.17, 15) is 4.79 Å². The van der Waals surface area contributed by atoms with E-state index in [2.05, 4.69) is 24.5 Å². The molecule has 2 N–H and O–H groups in total. The quantitative estimate of drug-likeness (QED) is 0.585. The zero-order valence-corrected chi connectivity index (χ0v) is 19.1. The Bertz CT molecular complexity index is 1010. The van der Waals surface area contributed by atoms with E-state index in [0.717, 1.165) is 55.6 Å². The van der Waals surface area contributed by atoms with Crippen molar-refractivity contribution in [2.75, 3.05) is 20.2 Å². The molecule has 1 aliphatic carbocycles. The van der Waals surface area contributed by atoms with Crippen LogP contribution in [0.1, 0.15) is 55.5 Å². The lowest BCUT2D eigenvalue weighted by Crippen LogP contribution is -2.36. The average Bonchev–Trinajstić information content (AvgIpc) is 3.56. The number of hydrogen-bond acceptors (Lipinski definition) is 6. The first kappa shape index (κ1) is 21.3. The summed E-state index contributed by atoms with van der Waals surface area (Å²) in [6.07, 6.45) is 4.46. The number of methoxy groups -OCH3 is 1. The number of ether oxygens (including phenoxy) is 3. The Morgan fingerprint density at radius 1 is 0.812 bits per heavy atom. The second-order valence-corrected chi connectivity index (χ2v) is 9.08. The van der Waals surface area contributed by atoms with Crippen LogP contribution in [0.3, 0.4) is 0 Å². The first-order valence-corrected chi connectivity index (χ1v) is 11.8. The second-order valence-electron chi connectivity index (χ2n) is 9.08. The maximum atomic E-state index is 13.6. The fourth-order valence-corrected chi connectivity index (χ4v) is 5.31. The highest BCUT2D eigenvalue weighted by Gasteiger charge is 2.37. The Kier molecular flexibility index (Phi) is 5.82. The third-order valence-electron chi connectivity index (χ3n) is 7.05. The lowest BCUT2D eigenvalue weighted by Gasteiger charge is -2.24. The van der Waals surface area contributed by atoms with Crippen molar-refractivity contribution in [2.45, 2.75) is 63.8 Å². The summed E-state index contributed by atoms with van der Waals surface area (Å²) in [4.78, 5) is 13.6. The van der Waals surface area contributed by atoms with E-state index in [1.54, 1.807) is 7.11 Å². The van der Waals surface area contributed by atoms with Gasteiger partial charge in [-0.3, -0.25) is 4.79 Å². The van der Waals surface area contributed by atoms with Gasteiger partial charge in [0.2, 0.25) is 0 Å². The number of nitrogens with one attached hydrogen (secondary N) is 2. The van der Waals surface area contributed by atoms with Gasteiger partial charge in [0.05, 0.1) is 12.7 Å². The van der Waals surface area contributed by atoms with E-state index >= 15 is 0 Å². The molecule has 0 amide bonds. The fourth-order valence-electron chi connectivity index (χ4n) is 5.31. The van der Waals surface area contributed by atoms with Crippen LogP contribution in [0.5, 0.6) is 17.2 Å². The lowest BCUT2D eigenvalue weighted by molar-refractivity contribution is 0.103. The molecule has 2 heterocycles. The Morgan fingerprint density at radius 3 is 1.97 bits per heavy atom. The smallest absolute Gasteiger partial charge is 0.198 e. The molecular weight excluding hydrogens is 404 g/mol. The summed E-state index contributed by atoms with van der Waals surface area (Å²) in [6, 6.07) is 10.1. The van der Waals surface area contributed by atoms with Crippen LogP contribution in [0, 0.1) is 0 Å². The van der Waals surface area contributed by atoms with Crippen molar-refractivity contribution in [3.8, 4) is 28.4 Å². The van der Waals surface area contributed by atoms with Gasteiger partial charge in [-0.05, 0) is 70.8 Å². The van der Waals surface area contributed by atoms with E-state index in [1.807, 2.05) is 30.3 Å². The first-order valence-electron chi connectivity index (χ1n) is 11.8. The maximum absolute atomic E-state index is 13.6. The molecule has 4 unspecified atom stereocenters. The third kappa shape index (κ3) is 3.65. The largest absolute Gasteiger partial charge is 0.496 e. The summed E-state index contributed by atoms with van der Waals surface area (Å²) < 4.78 is 18.5. The minimum absolute atomic E-state index is 0.00189. The molecule has 0 saturated carbocycles. The van der Waals surface area contributed by atoms with Crippen molar-refractivity contribution in [3.05, 3.63) is 41.5 Å². The maximum Gasteiger partial charge on any atom is 0.198 e. The number of benzene rings is 2. The van der Waals surface area contributed by atoms with Crippen molar-refractivity contribution in [3.63, 3.8) is 0 Å². The van der Waals surface area contributed by atoms with Gasteiger partial charge < -0.3 is 24.8 Å². The van der Waals surface area contributed by atoms with Gasteiger partial charge in [-0.15, -0.1) is 0 Å². The van der Waals surface area contributed by atoms with Crippen LogP contribution in [-0.4, -0.2) is 50.3 Å². The van der Waals surface area contributed by atoms with Gasteiger partial charge in [0, 0.05) is 28.8 Å². The van der Waals surface area contributed by atoms with Gasteiger partial charge in [-0.1, -0.05) is 12.1 Å². The Morgan fingerprint density at radius 2 is 1.41 bits per heavy atom. The van der Waals surface area contributed by atoms with Gasteiger partial charge in [-0.2, -0.15) is 0 Å². The molecule has 2 saturated heterocycles. The average molecular weight is 437 g/mol. The molecule has 6 nitrogen and oxygen atoms in total. The minimum atomic E-state index is -0.0347. The Balaban J connectivity index is 1.53. The predicted molar refractivity (Wildman–Crippen MR) is 124 cm³/mol. The number of ketones is 1. The lowest BCUT2D eigenvalue weighted by atomic mass is 10.0. The summed E-state index contributed by atoms with van der Waals surface area (Å²) in [5.74, 6) is 1.96. The molecule has 3 aliphatic rings. The van der Waals surface area contributed by atoms with Gasteiger partial charge in [-0.25, -0.2) is 0 Å². The van der Waals surface area contributed by atoms with E-state index < -0.39 is 0 Å². The van der Waals surface area contributed by atoms with Crippen LogP contribution in [0.15, 0.2) is 30.3 Å². The Hall–Kier alpha value is -2.57. The standard InChI is InChI=1S/C26H32N2O4/c1-15(18-8-5-13-27-18)31-21-10-4-7-17-23(21)24-20(30-3)11-12-22(25(24)26(17)29)32-16(2)19-9-6-14-28-19/h4,7,10-12,15-16,18-19,27-28H,5-6,8-9,13-14H2,1-3H3. The zero-order valence-electron chi connectivity index (χ0n) is 19.1. The minimum Gasteiger partial charge on any atom is -0.496 e. The van der Waals surface area contributed by atoms with Crippen LogP contribution in [0.25, 0.3) is 11.1 Å². The molecule has 0 bridgehead atoms. The molecule has 2 aromatic rings. The molecule has 0 radical (unpaired) electrons.